The number of nitrogens with zero attached hydrogens (tertiary/aromatic N) is 1. The Hall–Kier alpha value is -0.220. The molecule has 1 N–H and O–H groups in total. The average molecular weight is 256 g/mol. The van der Waals surface area contributed by atoms with E-state index in [1.165, 1.54) is 25.7 Å². The van der Waals surface area contributed by atoms with Gasteiger partial charge >= 0.3 is 0 Å². The molecular weight excluding hydrogens is 232 g/mol. The maximum absolute atomic E-state index is 12.1. The molecule has 1 saturated heterocycles. The van der Waals surface area contributed by atoms with Crippen molar-refractivity contribution in [3.8, 4) is 0 Å². The first-order chi connectivity index (χ1) is 8.07. The van der Waals surface area contributed by atoms with Crippen molar-refractivity contribution in [2.45, 2.75) is 50.3 Å². The van der Waals surface area contributed by atoms with E-state index in [0.717, 1.165) is 18.8 Å². The molecular formula is C13H24N2OS. The van der Waals surface area contributed by atoms with Crippen molar-refractivity contribution in [1.29, 1.82) is 0 Å². The molecule has 0 radical (unpaired) electrons. The van der Waals surface area contributed by atoms with Gasteiger partial charge in [0.2, 0.25) is 5.91 Å². The lowest BCUT2D eigenvalue weighted by Gasteiger charge is -2.37. The van der Waals surface area contributed by atoms with E-state index < -0.39 is 0 Å². The van der Waals surface area contributed by atoms with Crippen LogP contribution in [0.2, 0.25) is 0 Å². The summed E-state index contributed by atoms with van der Waals surface area (Å²) in [5, 5.41) is 3.41. The predicted octanol–water partition coefficient (Wildman–Crippen LogP) is 1.87. The van der Waals surface area contributed by atoms with Gasteiger partial charge in [-0.15, -0.1) is 0 Å². The van der Waals surface area contributed by atoms with E-state index in [1.54, 1.807) is 0 Å². The van der Waals surface area contributed by atoms with Crippen LogP contribution in [0.3, 0.4) is 0 Å². The second kappa shape index (κ2) is 5.61. The SMILES string of the molecule is CC1(C)CN(C(=O)CNC2CCCC2)CCS1. The Labute approximate surface area is 109 Å². The molecule has 1 amide bonds. The van der Waals surface area contributed by atoms with Crippen molar-refractivity contribution < 1.29 is 4.79 Å². The number of thioether (sulfide) groups is 1. The Kier molecular flexibility index (Phi) is 4.36. The molecule has 1 heterocycles. The summed E-state index contributed by atoms with van der Waals surface area (Å²) in [7, 11) is 0. The highest BCUT2D eigenvalue weighted by Crippen LogP contribution is 2.29. The number of hydrogen-bond donors (Lipinski definition) is 1. The first-order valence-electron chi connectivity index (χ1n) is 6.72. The van der Waals surface area contributed by atoms with Gasteiger partial charge in [-0.2, -0.15) is 11.8 Å². The zero-order valence-electron chi connectivity index (χ0n) is 11.0. The summed E-state index contributed by atoms with van der Waals surface area (Å²) in [6.45, 7) is 6.79. The molecule has 1 saturated carbocycles. The van der Waals surface area contributed by atoms with E-state index in [-0.39, 0.29) is 10.7 Å². The zero-order valence-corrected chi connectivity index (χ0v) is 11.8. The minimum atomic E-state index is 0.223. The number of amides is 1. The molecule has 0 aromatic carbocycles. The van der Waals surface area contributed by atoms with Crippen LogP contribution in [0, 0.1) is 0 Å². The van der Waals surface area contributed by atoms with Crippen LogP contribution in [0.4, 0.5) is 0 Å². The molecule has 17 heavy (non-hydrogen) atoms. The fourth-order valence-electron chi connectivity index (χ4n) is 2.70. The van der Waals surface area contributed by atoms with Crippen LogP contribution in [0.1, 0.15) is 39.5 Å². The Morgan fingerprint density at radius 3 is 2.76 bits per heavy atom. The minimum Gasteiger partial charge on any atom is -0.339 e. The fourth-order valence-corrected chi connectivity index (χ4v) is 3.81. The summed E-state index contributed by atoms with van der Waals surface area (Å²) >= 11 is 1.97. The van der Waals surface area contributed by atoms with Gasteiger partial charge in [0.25, 0.3) is 0 Å². The molecule has 0 spiro atoms. The Morgan fingerprint density at radius 1 is 1.41 bits per heavy atom. The third-order valence-corrected chi connectivity index (χ3v) is 4.97. The molecule has 0 aromatic rings. The van der Waals surface area contributed by atoms with Gasteiger partial charge in [0, 0.05) is 29.6 Å². The maximum atomic E-state index is 12.1. The van der Waals surface area contributed by atoms with E-state index in [0.29, 0.717) is 12.6 Å². The monoisotopic (exact) mass is 256 g/mol. The molecule has 3 nitrogen and oxygen atoms in total. The van der Waals surface area contributed by atoms with Crippen LogP contribution in [-0.2, 0) is 4.79 Å². The molecule has 2 fully saturated rings. The van der Waals surface area contributed by atoms with Gasteiger partial charge in [-0.05, 0) is 26.7 Å². The quantitative estimate of drug-likeness (QED) is 0.837. The van der Waals surface area contributed by atoms with Crippen molar-refractivity contribution in [1.82, 2.24) is 10.2 Å². The summed E-state index contributed by atoms with van der Waals surface area (Å²) < 4.78 is 0.223. The van der Waals surface area contributed by atoms with Crippen LogP contribution < -0.4 is 5.32 Å². The van der Waals surface area contributed by atoms with E-state index in [4.69, 9.17) is 0 Å². The maximum Gasteiger partial charge on any atom is 0.236 e. The topological polar surface area (TPSA) is 32.3 Å². The molecule has 1 aliphatic carbocycles. The number of nitrogens with one attached hydrogen (secondary N) is 1. The second-order valence-corrected chi connectivity index (χ2v) is 7.59. The van der Waals surface area contributed by atoms with E-state index in [9.17, 15) is 4.79 Å². The third kappa shape index (κ3) is 3.88. The number of rotatable bonds is 3. The molecule has 4 heteroatoms. The van der Waals surface area contributed by atoms with Crippen LogP contribution in [0.15, 0.2) is 0 Å². The predicted molar refractivity (Wildman–Crippen MR) is 73.4 cm³/mol. The molecule has 0 bridgehead atoms. The first-order valence-corrected chi connectivity index (χ1v) is 7.70. The summed E-state index contributed by atoms with van der Waals surface area (Å²) in [4.78, 5) is 14.1. The summed E-state index contributed by atoms with van der Waals surface area (Å²) in [5.41, 5.74) is 0. The largest absolute Gasteiger partial charge is 0.339 e. The van der Waals surface area contributed by atoms with Crippen molar-refractivity contribution >= 4 is 17.7 Å². The molecule has 1 aliphatic heterocycles. The molecule has 98 valence electrons. The minimum absolute atomic E-state index is 0.223. The zero-order chi connectivity index (χ0) is 12.3. The smallest absolute Gasteiger partial charge is 0.236 e. The highest BCUT2D eigenvalue weighted by atomic mass is 32.2. The number of carbonyl (C=O) groups is 1. The lowest BCUT2D eigenvalue weighted by atomic mass is 10.2. The average Bonchev–Trinajstić information content (AvgIpc) is 2.77. The second-order valence-electron chi connectivity index (χ2n) is 5.79. The van der Waals surface area contributed by atoms with Gasteiger partial charge < -0.3 is 10.2 Å². The summed E-state index contributed by atoms with van der Waals surface area (Å²) in [6.07, 6.45) is 5.13. The highest BCUT2D eigenvalue weighted by Gasteiger charge is 2.29. The van der Waals surface area contributed by atoms with Gasteiger partial charge in [-0.25, -0.2) is 0 Å². The Morgan fingerprint density at radius 2 is 2.12 bits per heavy atom. The van der Waals surface area contributed by atoms with Gasteiger partial charge in [0.1, 0.15) is 0 Å². The van der Waals surface area contributed by atoms with Gasteiger partial charge in [-0.3, -0.25) is 4.79 Å². The van der Waals surface area contributed by atoms with Crippen LogP contribution in [0.5, 0.6) is 0 Å². The molecule has 0 aromatic heterocycles. The van der Waals surface area contributed by atoms with E-state index in [1.807, 2.05) is 16.7 Å². The molecule has 2 aliphatic rings. The van der Waals surface area contributed by atoms with E-state index in [2.05, 4.69) is 19.2 Å². The Bertz CT molecular complexity index is 275. The van der Waals surface area contributed by atoms with Gasteiger partial charge in [0.15, 0.2) is 0 Å². The summed E-state index contributed by atoms with van der Waals surface area (Å²) in [5.74, 6) is 1.35. The number of carbonyl (C=O) groups excluding carboxylic acids is 1. The molecule has 2 rings (SSSR count). The lowest BCUT2D eigenvalue weighted by Crippen LogP contribution is -2.49. The van der Waals surface area contributed by atoms with Crippen molar-refractivity contribution in [2.75, 3.05) is 25.4 Å². The van der Waals surface area contributed by atoms with Crippen molar-refractivity contribution in [3.05, 3.63) is 0 Å². The molecule has 0 atom stereocenters. The van der Waals surface area contributed by atoms with Crippen molar-refractivity contribution in [3.63, 3.8) is 0 Å². The Balaban J connectivity index is 1.75. The highest BCUT2D eigenvalue weighted by molar-refractivity contribution is 8.00. The normalized spacial score (nSPS) is 25.2. The van der Waals surface area contributed by atoms with Crippen LogP contribution in [-0.4, -0.2) is 47.0 Å². The lowest BCUT2D eigenvalue weighted by molar-refractivity contribution is -0.130. The first kappa shape index (κ1) is 13.2. The fraction of sp³-hybridized carbons (Fsp3) is 0.923. The molecule has 0 unspecified atom stereocenters. The van der Waals surface area contributed by atoms with Crippen molar-refractivity contribution in [2.24, 2.45) is 0 Å². The van der Waals surface area contributed by atoms with E-state index >= 15 is 0 Å². The third-order valence-electron chi connectivity index (χ3n) is 3.68. The van der Waals surface area contributed by atoms with Gasteiger partial charge in [-0.1, -0.05) is 12.8 Å². The standard InChI is InChI=1S/C13H24N2OS/c1-13(2)10-15(7-8-17-13)12(16)9-14-11-5-3-4-6-11/h11,14H,3-10H2,1-2H3. The van der Waals surface area contributed by atoms with Crippen LogP contribution in [0.25, 0.3) is 0 Å². The number of hydrogen-bond acceptors (Lipinski definition) is 3. The van der Waals surface area contributed by atoms with Crippen LogP contribution >= 0.6 is 11.8 Å². The summed E-state index contributed by atoms with van der Waals surface area (Å²) in [6, 6.07) is 0.589. The van der Waals surface area contributed by atoms with Gasteiger partial charge in [0.05, 0.1) is 6.54 Å².